The zero-order valence-electron chi connectivity index (χ0n) is 24.5. The van der Waals surface area contributed by atoms with E-state index in [0.29, 0.717) is 29.2 Å². The lowest BCUT2D eigenvalue weighted by atomic mass is 10.0. The van der Waals surface area contributed by atoms with E-state index in [4.69, 9.17) is 4.99 Å². The van der Waals surface area contributed by atoms with Gasteiger partial charge in [-0.05, 0) is 108 Å². The van der Waals surface area contributed by atoms with Crippen LogP contribution in [0, 0.1) is 0 Å². The molecule has 4 rings (SSSR count). The Morgan fingerprint density at radius 2 is 1.15 bits per heavy atom. The molecule has 0 bridgehead atoms. The van der Waals surface area contributed by atoms with Crippen LogP contribution in [0.15, 0.2) is 107 Å². The van der Waals surface area contributed by atoms with Crippen molar-refractivity contribution in [3.63, 3.8) is 0 Å². The van der Waals surface area contributed by atoms with E-state index in [1.807, 2.05) is 60.7 Å². The summed E-state index contributed by atoms with van der Waals surface area (Å²) in [5, 5.41) is 6.70. The van der Waals surface area contributed by atoms with Crippen molar-refractivity contribution >= 4 is 39.9 Å². The average Bonchev–Trinajstić information content (AvgIpc) is 2.94. The van der Waals surface area contributed by atoms with Gasteiger partial charge in [-0.1, -0.05) is 18.2 Å². The van der Waals surface area contributed by atoms with Gasteiger partial charge in [0.05, 0.1) is 22.8 Å². The molecule has 1 aliphatic rings. The van der Waals surface area contributed by atoms with Crippen molar-refractivity contribution in [1.82, 2.24) is 0 Å². The van der Waals surface area contributed by atoms with Gasteiger partial charge in [0.2, 0.25) is 5.78 Å². The predicted octanol–water partition coefficient (Wildman–Crippen LogP) is 7.80. The number of carbonyl (C=O) groups is 1. The van der Waals surface area contributed by atoms with Gasteiger partial charge in [0.15, 0.2) is 0 Å². The van der Waals surface area contributed by atoms with E-state index in [1.165, 1.54) is 5.69 Å². The molecule has 40 heavy (non-hydrogen) atoms. The monoisotopic (exact) mass is 535 g/mol. The van der Waals surface area contributed by atoms with Crippen molar-refractivity contribution in [1.29, 1.82) is 0 Å². The van der Waals surface area contributed by atoms with Crippen molar-refractivity contribution in [3.05, 3.63) is 102 Å². The van der Waals surface area contributed by atoms with Crippen molar-refractivity contribution in [2.24, 2.45) is 4.99 Å². The molecule has 0 atom stereocenters. The van der Waals surface area contributed by atoms with Gasteiger partial charge in [-0.3, -0.25) is 4.79 Å². The van der Waals surface area contributed by atoms with Gasteiger partial charge in [-0.2, -0.15) is 0 Å². The Morgan fingerprint density at radius 3 is 1.68 bits per heavy atom. The summed E-state index contributed by atoms with van der Waals surface area (Å²) in [4.78, 5) is 22.8. The second-order valence-electron chi connectivity index (χ2n) is 10.4. The van der Waals surface area contributed by atoms with Crippen LogP contribution in [0.3, 0.4) is 0 Å². The molecule has 0 amide bonds. The predicted molar refractivity (Wildman–Crippen MR) is 171 cm³/mol. The van der Waals surface area contributed by atoms with E-state index in [1.54, 1.807) is 6.08 Å². The summed E-state index contributed by atoms with van der Waals surface area (Å²) in [6.45, 7) is 15.0. The third-order valence-electron chi connectivity index (χ3n) is 6.99. The van der Waals surface area contributed by atoms with Crippen LogP contribution in [0.5, 0.6) is 0 Å². The SMILES string of the molecule is CCN(c1ccc(/N=C2\C=C(Nc3ccc(N(CC)C(C)C)cc3)C(=O)C=C2Nc2ccccc2)cc1)C(C)C. The first kappa shape index (κ1) is 28.7. The van der Waals surface area contributed by atoms with Crippen LogP contribution >= 0.6 is 0 Å². The van der Waals surface area contributed by atoms with Crippen LogP contribution in [0.2, 0.25) is 0 Å². The number of anilines is 4. The molecule has 0 aromatic heterocycles. The molecule has 0 radical (unpaired) electrons. The summed E-state index contributed by atoms with van der Waals surface area (Å²) in [5.74, 6) is -0.107. The number of rotatable bonds is 11. The maximum Gasteiger partial charge on any atom is 0.204 e. The molecule has 6 nitrogen and oxygen atoms in total. The van der Waals surface area contributed by atoms with Gasteiger partial charge >= 0.3 is 0 Å². The Labute approximate surface area is 239 Å². The molecule has 0 unspecified atom stereocenters. The molecule has 6 heteroatoms. The Bertz CT molecular complexity index is 1370. The second-order valence-corrected chi connectivity index (χ2v) is 10.4. The Kier molecular flexibility index (Phi) is 9.43. The van der Waals surface area contributed by atoms with Crippen LogP contribution in [0.25, 0.3) is 0 Å². The normalized spacial score (nSPS) is 14.3. The van der Waals surface area contributed by atoms with E-state index < -0.39 is 0 Å². The van der Waals surface area contributed by atoms with E-state index in [0.717, 1.165) is 35.8 Å². The Balaban J connectivity index is 1.63. The van der Waals surface area contributed by atoms with Gasteiger partial charge in [0.1, 0.15) is 0 Å². The third kappa shape index (κ3) is 7.00. The fourth-order valence-corrected chi connectivity index (χ4v) is 4.98. The summed E-state index contributed by atoms with van der Waals surface area (Å²) in [5.41, 5.74) is 6.72. The zero-order chi connectivity index (χ0) is 28.6. The highest BCUT2D eigenvalue weighted by Gasteiger charge is 2.20. The largest absolute Gasteiger partial charge is 0.369 e. The minimum atomic E-state index is -0.107. The van der Waals surface area contributed by atoms with Gasteiger partial charge < -0.3 is 20.4 Å². The number of ketones is 1. The van der Waals surface area contributed by atoms with Crippen molar-refractivity contribution in [3.8, 4) is 0 Å². The number of hydrogen-bond acceptors (Lipinski definition) is 6. The molecule has 3 aromatic carbocycles. The summed E-state index contributed by atoms with van der Waals surface area (Å²) in [6.07, 6.45) is 3.44. The zero-order valence-corrected chi connectivity index (χ0v) is 24.5. The quantitative estimate of drug-likeness (QED) is 0.245. The average molecular weight is 536 g/mol. The number of para-hydroxylation sites is 1. The first-order chi connectivity index (χ1) is 19.3. The minimum Gasteiger partial charge on any atom is -0.369 e. The molecule has 0 saturated carbocycles. The fraction of sp³-hybridized carbons (Fsp3) is 0.294. The highest BCUT2D eigenvalue weighted by atomic mass is 16.1. The van der Waals surface area contributed by atoms with Gasteiger partial charge in [0.25, 0.3) is 0 Å². The minimum absolute atomic E-state index is 0.107. The van der Waals surface area contributed by atoms with Gasteiger partial charge in [0, 0.05) is 54.0 Å². The molecule has 208 valence electrons. The number of aliphatic imine (C=N–C) groups is 1. The van der Waals surface area contributed by atoms with Gasteiger partial charge in [-0.15, -0.1) is 0 Å². The van der Waals surface area contributed by atoms with Crippen molar-refractivity contribution in [2.75, 3.05) is 33.5 Å². The number of benzene rings is 3. The van der Waals surface area contributed by atoms with Crippen molar-refractivity contribution < 1.29 is 4.79 Å². The number of hydrogen-bond donors (Lipinski definition) is 2. The molecule has 0 spiro atoms. The molecule has 1 aliphatic carbocycles. The molecular weight excluding hydrogens is 494 g/mol. The molecule has 3 aromatic rings. The van der Waals surface area contributed by atoms with Gasteiger partial charge in [-0.25, -0.2) is 4.99 Å². The van der Waals surface area contributed by atoms with Crippen LogP contribution in [0.4, 0.5) is 28.4 Å². The number of allylic oxidation sites excluding steroid dienone is 2. The Hall–Kier alpha value is -4.32. The highest BCUT2D eigenvalue weighted by molar-refractivity contribution is 6.24. The summed E-state index contributed by atoms with van der Waals surface area (Å²) in [7, 11) is 0. The molecule has 0 heterocycles. The van der Waals surface area contributed by atoms with Crippen LogP contribution in [-0.2, 0) is 4.79 Å². The molecule has 2 N–H and O–H groups in total. The van der Waals surface area contributed by atoms with E-state index >= 15 is 0 Å². The van der Waals surface area contributed by atoms with E-state index in [-0.39, 0.29) is 5.78 Å². The van der Waals surface area contributed by atoms with Crippen LogP contribution in [-0.4, -0.2) is 36.7 Å². The smallest absolute Gasteiger partial charge is 0.204 e. The number of nitrogens with zero attached hydrogens (tertiary/aromatic N) is 3. The van der Waals surface area contributed by atoms with Crippen molar-refractivity contribution in [2.45, 2.75) is 53.6 Å². The second kappa shape index (κ2) is 13.2. The first-order valence-corrected chi connectivity index (χ1v) is 14.2. The Morgan fingerprint density at radius 1 is 0.650 bits per heavy atom. The lowest BCUT2D eigenvalue weighted by molar-refractivity contribution is -0.111. The number of nitrogens with one attached hydrogen (secondary N) is 2. The first-order valence-electron chi connectivity index (χ1n) is 14.2. The maximum absolute atomic E-state index is 13.2. The molecule has 0 fully saturated rings. The maximum atomic E-state index is 13.2. The van der Waals surface area contributed by atoms with E-state index in [2.05, 4.69) is 86.2 Å². The molecular formula is C34H41N5O. The standard InChI is InChI=1S/C34H41N5O/c1-7-38(24(3)4)29-18-14-27(15-19-29)36-31-22-33(34(40)23-32(31)35-26-12-10-9-11-13-26)37-28-16-20-30(21-17-28)39(8-2)25(5)6/h9-25,35,37H,7-8H2,1-6H3/b36-31+. The lowest BCUT2D eigenvalue weighted by Crippen LogP contribution is -2.30. The highest BCUT2D eigenvalue weighted by Crippen LogP contribution is 2.26. The van der Waals surface area contributed by atoms with Crippen LogP contribution in [0.1, 0.15) is 41.5 Å². The summed E-state index contributed by atoms with van der Waals surface area (Å²) < 4.78 is 0. The van der Waals surface area contributed by atoms with E-state index in [9.17, 15) is 4.79 Å². The lowest BCUT2D eigenvalue weighted by Gasteiger charge is -2.27. The number of carbonyl (C=O) groups excluding carboxylic acids is 1. The third-order valence-corrected chi connectivity index (χ3v) is 6.99. The molecule has 0 aliphatic heterocycles. The topological polar surface area (TPSA) is 60.0 Å². The summed E-state index contributed by atoms with van der Waals surface area (Å²) in [6, 6.07) is 27.1. The summed E-state index contributed by atoms with van der Waals surface area (Å²) >= 11 is 0. The molecule has 0 saturated heterocycles. The van der Waals surface area contributed by atoms with Crippen LogP contribution < -0.4 is 20.4 Å². The fourth-order valence-electron chi connectivity index (χ4n) is 4.98.